The first-order valence-electron chi connectivity index (χ1n) is 15.8. The number of carbonyl (C=O) groups excluding carboxylic acids is 1. The van der Waals surface area contributed by atoms with Gasteiger partial charge in [0.2, 0.25) is 20.0 Å². The van der Waals surface area contributed by atoms with E-state index in [0.717, 1.165) is 6.26 Å². The number of rotatable bonds is 11. The lowest BCUT2D eigenvalue weighted by molar-refractivity contribution is 0.0500. The number of anilines is 2. The fourth-order valence-electron chi connectivity index (χ4n) is 5.29. The maximum Gasteiger partial charge on any atom is 0.409 e. The Morgan fingerprint density at radius 2 is 1.35 bits per heavy atom. The van der Waals surface area contributed by atoms with E-state index in [1.54, 1.807) is 91.3 Å². The topological polar surface area (TPSA) is 187 Å². The summed E-state index contributed by atoms with van der Waals surface area (Å²) in [6.45, 7) is 8.43. The summed E-state index contributed by atoms with van der Waals surface area (Å²) in [7, 11) is -3.13. The van der Waals surface area contributed by atoms with Crippen molar-refractivity contribution >= 4 is 37.5 Å². The number of nitrogens with zero attached hydrogens (tertiary/aromatic N) is 2. The van der Waals surface area contributed by atoms with Gasteiger partial charge in [0.05, 0.1) is 23.3 Å². The summed E-state index contributed by atoms with van der Waals surface area (Å²) in [5, 5.41) is 5.39. The molecular formula is C35H44N6O8S2. The van der Waals surface area contributed by atoms with Gasteiger partial charge in [0, 0.05) is 39.1 Å². The average molecular weight is 741 g/mol. The summed E-state index contributed by atoms with van der Waals surface area (Å²) in [5.41, 5.74) is 2.94. The lowest BCUT2D eigenvalue weighted by Crippen LogP contribution is -2.46. The molecule has 4 rings (SSSR count). The highest BCUT2D eigenvalue weighted by Gasteiger charge is 2.28. The van der Waals surface area contributed by atoms with Crippen molar-refractivity contribution in [3.8, 4) is 22.3 Å². The second kappa shape index (κ2) is 14.7. The zero-order valence-electron chi connectivity index (χ0n) is 30.0. The number of benzene rings is 2. The van der Waals surface area contributed by atoms with Crippen LogP contribution in [0.3, 0.4) is 0 Å². The highest BCUT2D eigenvalue weighted by atomic mass is 32.2. The minimum absolute atomic E-state index is 0.113. The Morgan fingerprint density at radius 3 is 1.94 bits per heavy atom. The molecule has 0 saturated carbocycles. The molecule has 0 aliphatic carbocycles. The molecule has 0 spiro atoms. The summed E-state index contributed by atoms with van der Waals surface area (Å²) in [6.07, 6.45) is 1.68. The van der Waals surface area contributed by atoms with Gasteiger partial charge in [0.15, 0.2) is 0 Å². The molecule has 0 fully saturated rings. The first-order chi connectivity index (χ1) is 23.6. The normalized spacial score (nSPS) is 12.6. The van der Waals surface area contributed by atoms with Crippen LogP contribution in [0.15, 0.2) is 70.5 Å². The van der Waals surface area contributed by atoms with E-state index < -0.39 is 49.2 Å². The first kappa shape index (κ1) is 38.9. The second-order valence-electron chi connectivity index (χ2n) is 13.4. The van der Waals surface area contributed by atoms with Crippen LogP contribution >= 0.6 is 0 Å². The molecule has 2 aromatic heterocycles. The largest absolute Gasteiger partial charge is 0.444 e. The van der Waals surface area contributed by atoms with Crippen LogP contribution in [0.5, 0.6) is 0 Å². The van der Waals surface area contributed by atoms with Crippen LogP contribution in [-0.2, 0) is 44.6 Å². The Bertz CT molecular complexity index is 2330. The smallest absolute Gasteiger partial charge is 0.409 e. The quantitative estimate of drug-likeness (QED) is 0.164. The third-order valence-corrected chi connectivity index (χ3v) is 9.70. The van der Waals surface area contributed by atoms with Crippen molar-refractivity contribution in [3.63, 3.8) is 0 Å². The SMILES string of the molecule is CNc1cc(-c2ccc(C)c(CS(=O)(=O)NC(NC(=O)OC(C)(C)C)c3cc(-c4ccc(C)c(NS(C)(=O)=O)c4)cn(C)c3=O)c2)cn(C)c1=O. The summed E-state index contributed by atoms with van der Waals surface area (Å²) >= 11 is 0. The number of aryl methyl sites for hydroxylation is 4. The maximum atomic E-state index is 13.9. The van der Waals surface area contributed by atoms with Gasteiger partial charge in [-0.2, -0.15) is 4.72 Å². The first-order valence-corrected chi connectivity index (χ1v) is 19.4. The van der Waals surface area contributed by atoms with Gasteiger partial charge in [-0.05, 0) is 92.3 Å². The average Bonchev–Trinajstić information content (AvgIpc) is 2.99. The number of carbonyl (C=O) groups is 1. The van der Waals surface area contributed by atoms with Crippen molar-refractivity contribution in [2.75, 3.05) is 23.3 Å². The monoisotopic (exact) mass is 740 g/mol. The van der Waals surface area contributed by atoms with Gasteiger partial charge < -0.3 is 24.5 Å². The van der Waals surface area contributed by atoms with Crippen LogP contribution in [0.4, 0.5) is 16.2 Å². The van der Waals surface area contributed by atoms with E-state index in [1.165, 1.54) is 28.4 Å². The van der Waals surface area contributed by atoms with Crippen molar-refractivity contribution in [1.29, 1.82) is 0 Å². The van der Waals surface area contributed by atoms with Crippen molar-refractivity contribution in [2.45, 2.75) is 52.1 Å². The minimum Gasteiger partial charge on any atom is -0.444 e. The fourth-order valence-corrected chi connectivity index (χ4v) is 7.26. The number of sulfonamides is 2. The molecule has 1 unspecified atom stereocenters. The van der Waals surface area contributed by atoms with Gasteiger partial charge in [-0.3, -0.25) is 14.3 Å². The summed E-state index contributed by atoms with van der Waals surface area (Å²) in [6, 6.07) is 13.5. The summed E-state index contributed by atoms with van der Waals surface area (Å²) < 4.78 is 64.8. The van der Waals surface area contributed by atoms with Gasteiger partial charge in [-0.25, -0.2) is 21.6 Å². The molecule has 1 atom stereocenters. The highest BCUT2D eigenvalue weighted by Crippen LogP contribution is 2.28. The van der Waals surface area contributed by atoms with E-state index in [9.17, 15) is 31.2 Å². The molecule has 0 aliphatic heterocycles. The Balaban J connectivity index is 1.77. The summed E-state index contributed by atoms with van der Waals surface area (Å²) in [4.78, 5) is 39.0. The van der Waals surface area contributed by atoms with Gasteiger partial charge >= 0.3 is 6.09 Å². The molecule has 4 aromatic rings. The molecule has 16 heteroatoms. The van der Waals surface area contributed by atoms with E-state index in [0.29, 0.717) is 50.3 Å². The molecule has 1 amide bonds. The van der Waals surface area contributed by atoms with Crippen molar-refractivity contribution in [2.24, 2.45) is 14.1 Å². The van der Waals surface area contributed by atoms with E-state index in [-0.39, 0.29) is 11.1 Å². The molecular weight excluding hydrogens is 697 g/mol. The standard InChI is InChI=1S/C35H44N6O8S2/c1-21-10-12-23(26-17-30(36-6)33(43)41(8)19-26)14-27(21)20-51(47,48)39-31(37-34(44)49-35(3,4)5)28-15-25(18-40(7)32(28)42)24-13-11-22(2)29(16-24)38-50(9,45)46/h10-19,31,36,38-39H,20H2,1-9H3,(H,37,44). The number of pyridine rings is 2. The van der Waals surface area contributed by atoms with Crippen LogP contribution in [-0.4, -0.2) is 51.0 Å². The van der Waals surface area contributed by atoms with E-state index in [1.807, 2.05) is 6.07 Å². The Hall–Kier alpha value is -4.93. The molecule has 0 saturated heterocycles. The third-order valence-electron chi connectivity index (χ3n) is 7.83. The Labute approximate surface area is 298 Å². The summed E-state index contributed by atoms with van der Waals surface area (Å²) in [5.74, 6) is -0.512. The molecule has 0 radical (unpaired) electrons. The molecule has 4 N–H and O–H groups in total. The van der Waals surface area contributed by atoms with Gasteiger partial charge in [-0.1, -0.05) is 24.3 Å². The molecule has 0 bridgehead atoms. The van der Waals surface area contributed by atoms with E-state index in [2.05, 4.69) is 20.1 Å². The van der Waals surface area contributed by atoms with Crippen molar-refractivity contribution in [1.82, 2.24) is 19.2 Å². The van der Waals surface area contributed by atoms with Crippen LogP contribution in [0.1, 0.15) is 49.2 Å². The van der Waals surface area contributed by atoms with E-state index in [4.69, 9.17) is 4.74 Å². The number of alkyl carbamates (subject to hydrolysis) is 1. The van der Waals surface area contributed by atoms with Crippen molar-refractivity contribution in [3.05, 3.63) is 104 Å². The third kappa shape index (κ3) is 10.1. The zero-order valence-corrected chi connectivity index (χ0v) is 31.7. The number of aromatic nitrogens is 2. The molecule has 274 valence electrons. The number of hydrogen-bond acceptors (Lipinski definition) is 9. The number of ether oxygens (including phenoxy) is 1. The van der Waals surface area contributed by atoms with Crippen LogP contribution < -0.4 is 31.2 Å². The van der Waals surface area contributed by atoms with E-state index >= 15 is 0 Å². The lowest BCUT2D eigenvalue weighted by Gasteiger charge is -2.25. The Morgan fingerprint density at radius 1 is 0.804 bits per heavy atom. The second-order valence-corrected chi connectivity index (χ2v) is 16.9. The molecule has 2 aromatic carbocycles. The number of nitrogens with one attached hydrogen (secondary N) is 4. The molecule has 51 heavy (non-hydrogen) atoms. The van der Waals surface area contributed by atoms with Gasteiger partial charge in [0.1, 0.15) is 17.5 Å². The minimum atomic E-state index is -4.27. The molecule has 2 heterocycles. The number of hydrogen-bond donors (Lipinski definition) is 4. The van der Waals surface area contributed by atoms with Gasteiger partial charge in [-0.15, -0.1) is 0 Å². The molecule has 0 aliphatic rings. The highest BCUT2D eigenvalue weighted by molar-refractivity contribution is 7.92. The van der Waals surface area contributed by atoms with Gasteiger partial charge in [0.25, 0.3) is 11.1 Å². The number of amides is 1. The fraction of sp³-hybridized carbons (Fsp3) is 0.343. The molecule has 14 nitrogen and oxygen atoms in total. The Kier molecular flexibility index (Phi) is 11.2. The maximum absolute atomic E-state index is 13.9. The predicted molar refractivity (Wildman–Crippen MR) is 200 cm³/mol. The zero-order chi connectivity index (χ0) is 38.1. The van der Waals surface area contributed by atoms with Crippen molar-refractivity contribution < 1.29 is 26.4 Å². The van der Waals surface area contributed by atoms with Crippen LogP contribution in [0, 0.1) is 13.8 Å². The lowest BCUT2D eigenvalue weighted by atomic mass is 10.0. The van der Waals surface area contributed by atoms with Crippen LogP contribution in [0.2, 0.25) is 0 Å². The van der Waals surface area contributed by atoms with Crippen LogP contribution in [0.25, 0.3) is 22.3 Å². The predicted octanol–water partition coefficient (Wildman–Crippen LogP) is 4.09.